The van der Waals surface area contributed by atoms with Gasteiger partial charge in [-0.1, -0.05) is 26.7 Å². The van der Waals surface area contributed by atoms with E-state index in [0.29, 0.717) is 12.0 Å². The second-order valence-electron chi connectivity index (χ2n) is 7.04. The summed E-state index contributed by atoms with van der Waals surface area (Å²) >= 11 is 0. The largest absolute Gasteiger partial charge is 0.496 e. The third-order valence-corrected chi connectivity index (χ3v) is 5.56. The van der Waals surface area contributed by atoms with Gasteiger partial charge in [0, 0.05) is 11.4 Å². The van der Waals surface area contributed by atoms with Crippen molar-refractivity contribution < 1.29 is 9.47 Å². The van der Waals surface area contributed by atoms with Gasteiger partial charge in [0.2, 0.25) is 0 Å². The zero-order valence-electron chi connectivity index (χ0n) is 15.3. The topological polar surface area (TPSA) is 43.4 Å². The lowest BCUT2D eigenvalue weighted by atomic mass is 9.78. The second-order valence-corrected chi connectivity index (χ2v) is 7.04. The Morgan fingerprint density at radius 3 is 2.50 bits per heavy atom. The van der Waals surface area contributed by atoms with Gasteiger partial charge >= 0.3 is 0 Å². The molecule has 3 atom stereocenters. The maximum atomic E-state index is 5.52. The standard InChI is InChI=1S/C20H28N2O2/c1-12-7-6-8-15(14(12)3)21-18-11-13(2)19-16(23-4)9-10-17(24-5)20(19)22-18/h9-12,14-15H,6-8H2,1-5H3,(H,21,22). The third-order valence-electron chi connectivity index (χ3n) is 5.56. The van der Waals surface area contributed by atoms with Gasteiger partial charge in [0.25, 0.3) is 0 Å². The molecule has 1 N–H and O–H groups in total. The Morgan fingerprint density at radius 1 is 1.08 bits per heavy atom. The third kappa shape index (κ3) is 3.02. The highest BCUT2D eigenvalue weighted by molar-refractivity contribution is 5.94. The molecule has 1 aliphatic carbocycles. The quantitative estimate of drug-likeness (QED) is 0.876. The van der Waals surface area contributed by atoms with Crippen molar-refractivity contribution in [2.45, 2.75) is 46.1 Å². The summed E-state index contributed by atoms with van der Waals surface area (Å²) in [6, 6.07) is 6.46. The fraction of sp³-hybridized carbons (Fsp3) is 0.550. The number of nitrogens with one attached hydrogen (secondary N) is 1. The monoisotopic (exact) mass is 328 g/mol. The average Bonchev–Trinajstić information content (AvgIpc) is 2.58. The van der Waals surface area contributed by atoms with Crippen molar-refractivity contribution in [1.29, 1.82) is 0 Å². The first-order valence-corrected chi connectivity index (χ1v) is 8.84. The van der Waals surface area contributed by atoms with Gasteiger partial charge in [-0.25, -0.2) is 4.98 Å². The van der Waals surface area contributed by atoms with E-state index in [1.807, 2.05) is 12.1 Å². The molecule has 0 amide bonds. The van der Waals surface area contributed by atoms with Crippen LogP contribution in [0.15, 0.2) is 18.2 Å². The van der Waals surface area contributed by atoms with E-state index in [1.165, 1.54) is 19.3 Å². The lowest BCUT2D eigenvalue weighted by molar-refractivity contribution is 0.253. The van der Waals surface area contributed by atoms with Crippen LogP contribution in [0.5, 0.6) is 11.5 Å². The number of ether oxygens (including phenoxy) is 2. The predicted octanol–water partition coefficient (Wildman–Crippen LogP) is 4.80. The lowest BCUT2D eigenvalue weighted by Crippen LogP contribution is -2.35. The molecule has 1 aromatic heterocycles. The number of nitrogens with zero attached hydrogens (tertiary/aromatic N) is 1. The molecule has 1 aliphatic rings. The van der Waals surface area contributed by atoms with Gasteiger partial charge in [0.1, 0.15) is 22.8 Å². The molecule has 0 spiro atoms. The van der Waals surface area contributed by atoms with Crippen molar-refractivity contribution in [1.82, 2.24) is 4.98 Å². The van der Waals surface area contributed by atoms with E-state index in [0.717, 1.165) is 39.7 Å². The second kappa shape index (κ2) is 6.88. The summed E-state index contributed by atoms with van der Waals surface area (Å²) in [5.74, 6) is 3.96. The Hall–Kier alpha value is -1.97. The Bertz CT molecular complexity index is 729. The Balaban J connectivity index is 2.01. The first-order chi connectivity index (χ1) is 11.5. The molecule has 24 heavy (non-hydrogen) atoms. The molecule has 1 saturated carbocycles. The smallest absolute Gasteiger partial charge is 0.145 e. The number of aromatic nitrogens is 1. The van der Waals surface area contributed by atoms with Crippen molar-refractivity contribution in [3.63, 3.8) is 0 Å². The van der Waals surface area contributed by atoms with Gasteiger partial charge in [-0.05, 0) is 48.9 Å². The highest BCUT2D eigenvalue weighted by Gasteiger charge is 2.27. The number of fused-ring (bicyclic) bond motifs is 1. The van der Waals surface area contributed by atoms with Gasteiger partial charge in [0.15, 0.2) is 0 Å². The first-order valence-electron chi connectivity index (χ1n) is 8.84. The van der Waals surface area contributed by atoms with Gasteiger partial charge in [0.05, 0.1) is 14.2 Å². The van der Waals surface area contributed by atoms with Crippen LogP contribution in [-0.2, 0) is 0 Å². The fourth-order valence-electron chi connectivity index (χ4n) is 3.86. The molecule has 1 fully saturated rings. The number of benzene rings is 1. The highest BCUT2D eigenvalue weighted by atomic mass is 16.5. The summed E-state index contributed by atoms with van der Waals surface area (Å²) in [5, 5.41) is 4.70. The number of hydrogen-bond donors (Lipinski definition) is 1. The number of hydrogen-bond acceptors (Lipinski definition) is 4. The van der Waals surface area contributed by atoms with Crippen LogP contribution < -0.4 is 14.8 Å². The van der Waals surface area contributed by atoms with E-state index in [-0.39, 0.29) is 0 Å². The van der Waals surface area contributed by atoms with Crippen molar-refractivity contribution in [2.24, 2.45) is 11.8 Å². The number of rotatable bonds is 4. The molecule has 0 radical (unpaired) electrons. The summed E-state index contributed by atoms with van der Waals surface area (Å²) in [4.78, 5) is 4.85. The van der Waals surface area contributed by atoms with E-state index < -0.39 is 0 Å². The maximum absolute atomic E-state index is 5.52. The predicted molar refractivity (Wildman–Crippen MR) is 99.2 cm³/mol. The number of pyridine rings is 1. The molecule has 0 saturated heterocycles. The van der Waals surface area contributed by atoms with Crippen molar-refractivity contribution in [2.75, 3.05) is 19.5 Å². The number of methoxy groups -OCH3 is 2. The molecule has 4 nitrogen and oxygen atoms in total. The minimum absolute atomic E-state index is 0.481. The molecular weight excluding hydrogens is 300 g/mol. The summed E-state index contributed by atoms with van der Waals surface area (Å²) in [5.41, 5.74) is 2.01. The molecule has 4 heteroatoms. The summed E-state index contributed by atoms with van der Waals surface area (Å²) in [6.45, 7) is 6.80. The first kappa shape index (κ1) is 16.9. The SMILES string of the molecule is COc1ccc(OC)c2c(C)cc(NC3CCCC(C)C3C)nc12. The molecule has 3 unspecified atom stereocenters. The Morgan fingerprint density at radius 2 is 1.79 bits per heavy atom. The van der Waals surface area contributed by atoms with Crippen LogP contribution in [0.4, 0.5) is 5.82 Å². The summed E-state index contributed by atoms with van der Waals surface area (Å²) < 4.78 is 11.0. The van der Waals surface area contributed by atoms with Gasteiger partial charge in [-0.3, -0.25) is 0 Å². The Kier molecular flexibility index (Phi) is 4.83. The molecule has 130 valence electrons. The van der Waals surface area contributed by atoms with E-state index in [2.05, 4.69) is 32.2 Å². The lowest BCUT2D eigenvalue weighted by Gasteiger charge is -2.35. The van der Waals surface area contributed by atoms with Crippen molar-refractivity contribution >= 4 is 16.7 Å². The van der Waals surface area contributed by atoms with Crippen LogP contribution in [0, 0.1) is 18.8 Å². The van der Waals surface area contributed by atoms with Crippen LogP contribution in [-0.4, -0.2) is 25.2 Å². The molecule has 0 bridgehead atoms. The van der Waals surface area contributed by atoms with Gasteiger partial charge < -0.3 is 14.8 Å². The molecule has 3 rings (SSSR count). The molecule has 1 heterocycles. The molecule has 0 aliphatic heterocycles. The zero-order valence-corrected chi connectivity index (χ0v) is 15.3. The van der Waals surface area contributed by atoms with E-state index >= 15 is 0 Å². The van der Waals surface area contributed by atoms with Gasteiger partial charge in [-0.2, -0.15) is 0 Å². The number of anilines is 1. The van der Waals surface area contributed by atoms with Gasteiger partial charge in [-0.15, -0.1) is 0 Å². The highest BCUT2D eigenvalue weighted by Crippen LogP contribution is 2.36. The minimum Gasteiger partial charge on any atom is -0.496 e. The fourth-order valence-corrected chi connectivity index (χ4v) is 3.86. The molecule has 1 aromatic carbocycles. The maximum Gasteiger partial charge on any atom is 0.145 e. The van der Waals surface area contributed by atoms with Crippen molar-refractivity contribution in [3.05, 3.63) is 23.8 Å². The number of aryl methyl sites for hydroxylation is 1. The van der Waals surface area contributed by atoms with Crippen molar-refractivity contribution in [3.8, 4) is 11.5 Å². The zero-order chi connectivity index (χ0) is 17.3. The summed E-state index contributed by atoms with van der Waals surface area (Å²) in [6.07, 6.45) is 3.82. The molecule has 2 aromatic rings. The van der Waals surface area contributed by atoms with Crippen LogP contribution in [0.25, 0.3) is 10.9 Å². The van der Waals surface area contributed by atoms with Crippen LogP contribution in [0.1, 0.15) is 38.7 Å². The Labute approximate surface area is 144 Å². The van der Waals surface area contributed by atoms with Crippen LogP contribution in [0.3, 0.4) is 0 Å². The summed E-state index contributed by atoms with van der Waals surface area (Å²) in [7, 11) is 3.38. The van der Waals surface area contributed by atoms with E-state index in [4.69, 9.17) is 14.5 Å². The van der Waals surface area contributed by atoms with E-state index in [1.54, 1.807) is 14.2 Å². The molecular formula is C20H28N2O2. The van der Waals surface area contributed by atoms with Crippen LogP contribution >= 0.6 is 0 Å². The van der Waals surface area contributed by atoms with Crippen LogP contribution in [0.2, 0.25) is 0 Å². The minimum atomic E-state index is 0.481. The normalized spacial score (nSPS) is 24.0. The average molecular weight is 328 g/mol. The van der Waals surface area contributed by atoms with E-state index in [9.17, 15) is 0 Å².